The zero-order valence-corrected chi connectivity index (χ0v) is 10.0. The van der Waals surface area contributed by atoms with Crippen molar-refractivity contribution < 1.29 is 4.79 Å². The standard InChI is InChI=1S/C10H9Cl3O/c1-6-3-7(2)5-8(4-6)9(14)10(11,12)13/h3-5H,1-2H3. The number of benzene rings is 1. The zero-order chi connectivity index (χ0) is 10.9. The van der Waals surface area contributed by atoms with Gasteiger partial charge < -0.3 is 0 Å². The van der Waals surface area contributed by atoms with Crippen LogP contribution in [0.4, 0.5) is 0 Å². The molecule has 0 saturated carbocycles. The van der Waals surface area contributed by atoms with Gasteiger partial charge in [-0.25, -0.2) is 0 Å². The van der Waals surface area contributed by atoms with Gasteiger partial charge in [-0.2, -0.15) is 0 Å². The first-order chi connectivity index (χ1) is 6.30. The number of Topliss-reactive ketones (excluding diaryl/α,β-unsaturated/α-hetero) is 1. The Kier molecular flexibility index (Phi) is 3.46. The summed E-state index contributed by atoms with van der Waals surface area (Å²) in [5, 5.41) is 0. The Morgan fingerprint density at radius 1 is 1.07 bits per heavy atom. The largest absolute Gasteiger partial charge is 0.289 e. The third-order valence-electron chi connectivity index (χ3n) is 1.74. The minimum absolute atomic E-state index is 0.433. The van der Waals surface area contributed by atoms with Gasteiger partial charge in [-0.1, -0.05) is 52.0 Å². The van der Waals surface area contributed by atoms with E-state index in [1.165, 1.54) is 0 Å². The fourth-order valence-corrected chi connectivity index (χ4v) is 1.60. The van der Waals surface area contributed by atoms with Crippen molar-refractivity contribution in [2.45, 2.75) is 17.6 Å². The highest BCUT2D eigenvalue weighted by molar-refractivity contribution is 6.77. The van der Waals surface area contributed by atoms with Crippen LogP contribution >= 0.6 is 34.8 Å². The van der Waals surface area contributed by atoms with Crippen molar-refractivity contribution in [3.63, 3.8) is 0 Å². The van der Waals surface area contributed by atoms with E-state index in [1.54, 1.807) is 12.1 Å². The van der Waals surface area contributed by atoms with Gasteiger partial charge in [-0.3, -0.25) is 4.79 Å². The highest BCUT2D eigenvalue weighted by atomic mass is 35.6. The normalized spacial score (nSPS) is 11.5. The van der Waals surface area contributed by atoms with Crippen molar-refractivity contribution >= 4 is 40.6 Å². The lowest BCUT2D eigenvalue weighted by atomic mass is 10.1. The number of aryl methyl sites for hydroxylation is 2. The zero-order valence-electron chi connectivity index (χ0n) is 7.77. The molecular weight excluding hydrogens is 242 g/mol. The first kappa shape index (κ1) is 11.8. The molecule has 1 aromatic rings. The second kappa shape index (κ2) is 4.09. The van der Waals surface area contributed by atoms with Crippen LogP contribution in [0, 0.1) is 13.8 Å². The summed E-state index contributed by atoms with van der Waals surface area (Å²) in [5.41, 5.74) is 2.38. The molecule has 0 N–H and O–H groups in total. The predicted octanol–water partition coefficient (Wildman–Crippen LogP) is 3.86. The Labute approximate surface area is 98.0 Å². The highest BCUT2D eigenvalue weighted by Gasteiger charge is 2.31. The lowest BCUT2D eigenvalue weighted by molar-refractivity contribution is 0.0996. The van der Waals surface area contributed by atoms with E-state index < -0.39 is 9.58 Å². The molecular formula is C10H9Cl3O. The van der Waals surface area contributed by atoms with Crippen LogP contribution in [0.1, 0.15) is 21.5 Å². The van der Waals surface area contributed by atoms with Crippen molar-refractivity contribution in [1.82, 2.24) is 0 Å². The molecule has 0 fully saturated rings. The molecule has 0 radical (unpaired) electrons. The Morgan fingerprint density at radius 3 is 1.86 bits per heavy atom. The minimum Gasteiger partial charge on any atom is -0.289 e. The molecule has 0 unspecified atom stereocenters. The van der Waals surface area contributed by atoms with E-state index in [0.29, 0.717) is 5.56 Å². The molecule has 76 valence electrons. The Balaban J connectivity index is 3.14. The van der Waals surface area contributed by atoms with Gasteiger partial charge in [0.1, 0.15) is 0 Å². The molecule has 0 saturated heterocycles. The Hall–Kier alpha value is -0.240. The number of alkyl halides is 3. The second-order valence-electron chi connectivity index (χ2n) is 3.20. The van der Waals surface area contributed by atoms with Gasteiger partial charge in [-0.15, -0.1) is 0 Å². The molecule has 1 aromatic carbocycles. The number of hydrogen-bond acceptors (Lipinski definition) is 1. The van der Waals surface area contributed by atoms with E-state index in [0.717, 1.165) is 11.1 Å². The molecule has 0 atom stereocenters. The number of rotatable bonds is 1. The molecule has 14 heavy (non-hydrogen) atoms. The molecule has 4 heteroatoms. The Morgan fingerprint density at radius 2 is 1.50 bits per heavy atom. The molecule has 1 nitrogen and oxygen atoms in total. The molecule has 1 rings (SSSR count). The first-order valence-electron chi connectivity index (χ1n) is 4.00. The number of ketones is 1. The van der Waals surface area contributed by atoms with Gasteiger partial charge in [-0.05, 0) is 26.0 Å². The summed E-state index contributed by atoms with van der Waals surface area (Å²) in [7, 11) is 0. The molecule has 0 aliphatic heterocycles. The van der Waals surface area contributed by atoms with Crippen molar-refractivity contribution in [1.29, 1.82) is 0 Å². The molecule has 0 spiro atoms. The van der Waals surface area contributed by atoms with Crippen molar-refractivity contribution in [3.05, 3.63) is 34.9 Å². The van der Waals surface area contributed by atoms with Crippen LogP contribution in [0.2, 0.25) is 0 Å². The monoisotopic (exact) mass is 250 g/mol. The third kappa shape index (κ3) is 2.88. The van der Waals surface area contributed by atoms with Crippen LogP contribution in [0.3, 0.4) is 0 Å². The molecule has 0 aliphatic rings. The van der Waals surface area contributed by atoms with Crippen molar-refractivity contribution in [2.24, 2.45) is 0 Å². The van der Waals surface area contributed by atoms with E-state index in [4.69, 9.17) is 34.8 Å². The molecule has 0 heterocycles. The maximum atomic E-state index is 11.6. The molecule has 0 aromatic heterocycles. The van der Waals surface area contributed by atoms with Crippen LogP contribution < -0.4 is 0 Å². The smallest absolute Gasteiger partial charge is 0.253 e. The van der Waals surface area contributed by atoms with Crippen LogP contribution in [-0.2, 0) is 0 Å². The molecule has 0 amide bonds. The van der Waals surface area contributed by atoms with Gasteiger partial charge in [0, 0.05) is 5.56 Å². The third-order valence-corrected chi connectivity index (χ3v) is 2.26. The maximum absolute atomic E-state index is 11.6. The Bertz CT molecular complexity index is 346. The summed E-state index contributed by atoms with van der Waals surface area (Å²) in [6, 6.07) is 5.36. The van der Waals surface area contributed by atoms with Gasteiger partial charge in [0.05, 0.1) is 0 Å². The first-order valence-corrected chi connectivity index (χ1v) is 5.14. The summed E-state index contributed by atoms with van der Waals surface area (Å²) in [5.74, 6) is -0.491. The van der Waals surface area contributed by atoms with Gasteiger partial charge in [0.25, 0.3) is 3.79 Å². The highest BCUT2D eigenvalue weighted by Crippen LogP contribution is 2.30. The number of carbonyl (C=O) groups excluding carboxylic acids is 1. The maximum Gasteiger partial charge on any atom is 0.253 e. The lowest BCUT2D eigenvalue weighted by Crippen LogP contribution is -2.19. The quantitative estimate of drug-likeness (QED) is 0.547. The van der Waals surface area contributed by atoms with Gasteiger partial charge in [0.2, 0.25) is 5.78 Å². The number of carbonyl (C=O) groups is 1. The van der Waals surface area contributed by atoms with Gasteiger partial charge >= 0.3 is 0 Å². The molecule has 0 aliphatic carbocycles. The number of hydrogen-bond donors (Lipinski definition) is 0. The van der Waals surface area contributed by atoms with E-state index in [2.05, 4.69) is 0 Å². The average molecular weight is 252 g/mol. The summed E-state index contributed by atoms with van der Waals surface area (Å²) in [6.45, 7) is 3.78. The van der Waals surface area contributed by atoms with Gasteiger partial charge in [0.15, 0.2) is 0 Å². The van der Waals surface area contributed by atoms with E-state index in [1.807, 2.05) is 19.9 Å². The van der Waals surface area contributed by atoms with Crippen LogP contribution in [-0.4, -0.2) is 9.58 Å². The lowest BCUT2D eigenvalue weighted by Gasteiger charge is -2.10. The fraction of sp³-hybridized carbons (Fsp3) is 0.300. The number of halogens is 3. The minimum atomic E-state index is -1.87. The van der Waals surface area contributed by atoms with Crippen LogP contribution in [0.15, 0.2) is 18.2 Å². The van der Waals surface area contributed by atoms with Crippen molar-refractivity contribution in [2.75, 3.05) is 0 Å². The summed E-state index contributed by atoms with van der Waals surface area (Å²) in [6.07, 6.45) is 0. The summed E-state index contributed by atoms with van der Waals surface area (Å²) < 4.78 is -1.87. The SMILES string of the molecule is Cc1cc(C)cc(C(=O)C(Cl)(Cl)Cl)c1. The van der Waals surface area contributed by atoms with Crippen molar-refractivity contribution in [3.8, 4) is 0 Å². The van der Waals surface area contributed by atoms with E-state index in [9.17, 15) is 4.79 Å². The summed E-state index contributed by atoms with van der Waals surface area (Å²) in [4.78, 5) is 11.6. The average Bonchev–Trinajstić information content (AvgIpc) is 1.99. The fourth-order valence-electron chi connectivity index (χ4n) is 1.27. The topological polar surface area (TPSA) is 17.1 Å². The summed E-state index contributed by atoms with van der Waals surface area (Å²) >= 11 is 16.5. The second-order valence-corrected chi connectivity index (χ2v) is 5.48. The van der Waals surface area contributed by atoms with Crippen LogP contribution in [0.25, 0.3) is 0 Å². The molecule has 0 bridgehead atoms. The van der Waals surface area contributed by atoms with E-state index >= 15 is 0 Å². The van der Waals surface area contributed by atoms with E-state index in [-0.39, 0.29) is 0 Å². The van der Waals surface area contributed by atoms with Crippen LogP contribution in [0.5, 0.6) is 0 Å². The predicted molar refractivity (Wildman–Crippen MR) is 60.5 cm³/mol.